The maximum Gasteiger partial charge on any atom is 0.0447 e. The molecule has 0 unspecified atom stereocenters. The summed E-state index contributed by atoms with van der Waals surface area (Å²) in [5.41, 5.74) is 3.59. The van der Waals surface area contributed by atoms with Crippen molar-refractivity contribution < 1.29 is 0 Å². The average Bonchev–Trinajstić information content (AvgIpc) is 2.04. The highest BCUT2D eigenvalue weighted by atomic mass is 14.7. The number of nitrogens with zero attached hydrogens (tertiary/aromatic N) is 1. The van der Waals surface area contributed by atoms with Crippen LogP contribution in [0.15, 0.2) is 18.8 Å². The minimum atomic E-state index is 1.05. The van der Waals surface area contributed by atoms with Crippen LogP contribution >= 0.6 is 0 Å². The summed E-state index contributed by atoms with van der Waals surface area (Å²) in [6.45, 7) is 7.91. The fourth-order valence-corrected chi connectivity index (χ4v) is 1.22. The van der Waals surface area contributed by atoms with Crippen LogP contribution in [0.25, 0.3) is 6.08 Å². The van der Waals surface area contributed by atoms with Gasteiger partial charge in [0.25, 0.3) is 0 Å². The zero-order chi connectivity index (χ0) is 8.27. The molecule has 0 spiro atoms. The molecule has 0 saturated carbocycles. The number of hydrogen-bond acceptors (Lipinski definition) is 1. The summed E-state index contributed by atoms with van der Waals surface area (Å²) in [5, 5.41) is 0. The number of rotatable bonds is 2. The zero-order valence-electron chi connectivity index (χ0n) is 7.09. The molecule has 0 amide bonds. The van der Waals surface area contributed by atoms with Crippen molar-refractivity contribution in [1.82, 2.24) is 4.98 Å². The van der Waals surface area contributed by atoms with Gasteiger partial charge in [-0.05, 0) is 30.5 Å². The Bertz CT molecular complexity index is 264. The SMILES string of the molecule is C=Cc1c(CC)ccnc1C. The van der Waals surface area contributed by atoms with Crippen molar-refractivity contribution in [2.45, 2.75) is 20.3 Å². The van der Waals surface area contributed by atoms with Gasteiger partial charge >= 0.3 is 0 Å². The summed E-state index contributed by atoms with van der Waals surface area (Å²) < 4.78 is 0. The molecule has 11 heavy (non-hydrogen) atoms. The van der Waals surface area contributed by atoms with Gasteiger partial charge in [-0.2, -0.15) is 0 Å². The molecule has 0 bridgehead atoms. The number of aryl methyl sites for hydroxylation is 2. The fraction of sp³-hybridized carbons (Fsp3) is 0.300. The molecule has 1 heteroatoms. The summed E-state index contributed by atoms with van der Waals surface area (Å²) >= 11 is 0. The largest absolute Gasteiger partial charge is 0.261 e. The van der Waals surface area contributed by atoms with Crippen molar-refractivity contribution >= 4 is 6.08 Å². The standard InChI is InChI=1S/C10H13N/c1-4-9-6-7-11-8(3)10(9)5-2/h5-7H,2,4H2,1,3H3. The summed E-state index contributed by atoms with van der Waals surface area (Å²) in [6.07, 6.45) is 4.77. The van der Waals surface area contributed by atoms with Crippen LogP contribution in [0.4, 0.5) is 0 Å². The quantitative estimate of drug-likeness (QED) is 0.626. The molecular weight excluding hydrogens is 134 g/mol. The Hall–Kier alpha value is -1.11. The van der Waals surface area contributed by atoms with Crippen molar-refractivity contribution in [3.05, 3.63) is 35.7 Å². The monoisotopic (exact) mass is 147 g/mol. The highest BCUT2D eigenvalue weighted by Crippen LogP contribution is 2.12. The third-order valence-electron chi connectivity index (χ3n) is 1.86. The van der Waals surface area contributed by atoms with E-state index in [0.717, 1.165) is 12.1 Å². The van der Waals surface area contributed by atoms with E-state index >= 15 is 0 Å². The molecule has 1 nitrogen and oxygen atoms in total. The molecule has 0 saturated heterocycles. The van der Waals surface area contributed by atoms with E-state index in [1.54, 1.807) is 0 Å². The van der Waals surface area contributed by atoms with E-state index in [1.165, 1.54) is 11.1 Å². The van der Waals surface area contributed by atoms with Crippen LogP contribution < -0.4 is 0 Å². The van der Waals surface area contributed by atoms with Gasteiger partial charge in [0.2, 0.25) is 0 Å². The Morgan fingerprint density at radius 3 is 2.82 bits per heavy atom. The third kappa shape index (κ3) is 1.48. The summed E-state index contributed by atoms with van der Waals surface area (Å²) in [4.78, 5) is 4.19. The Balaban J connectivity index is 3.24. The third-order valence-corrected chi connectivity index (χ3v) is 1.86. The van der Waals surface area contributed by atoms with Crippen LogP contribution in [0.5, 0.6) is 0 Å². The van der Waals surface area contributed by atoms with E-state index in [2.05, 4.69) is 18.5 Å². The first-order valence-electron chi connectivity index (χ1n) is 3.86. The molecule has 1 aromatic rings. The van der Waals surface area contributed by atoms with Gasteiger partial charge in [0.05, 0.1) is 0 Å². The molecule has 0 aliphatic carbocycles. The smallest absolute Gasteiger partial charge is 0.0447 e. The molecule has 0 aromatic carbocycles. The Morgan fingerprint density at radius 1 is 1.64 bits per heavy atom. The van der Waals surface area contributed by atoms with Crippen LogP contribution in [-0.4, -0.2) is 4.98 Å². The van der Waals surface area contributed by atoms with E-state index in [4.69, 9.17) is 0 Å². The van der Waals surface area contributed by atoms with Crippen molar-refractivity contribution in [3.8, 4) is 0 Å². The van der Waals surface area contributed by atoms with Crippen molar-refractivity contribution in [3.63, 3.8) is 0 Å². The first kappa shape index (κ1) is 7.99. The maximum absolute atomic E-state index is 4.19. The molecule has 0 fully saturated rings. The van der Waals surface area contributed by atoms with Gasteiger partial charge in [0.1, 0.15) is 0 Å². The van der Waals surface area contributed by atoms with E-state index < -0.39 is 0 Å². The van der Waals surface area contributed by atoms with Gasteiger partial charge in [-0.25, -0.2) is 0 Å². The molecule has 0 radical (unpaired) electrons. The second kappa shape index (κ2) is 3.33. The van der Waals surface area contributed by atoms with Gasteiger partial charge < -0.3 is 0 Å². The molecule has 0 N–H and O–H groups in total. The van der Waals surface area contributed by atoms with Crippen LogP contribution in [0.2, 0.25) is 0 Å². The number of pyridine rings is 1. The lowest BCUT2D eigenvalue weighted by molar-refractivity contribution is 1.08. The van der Waals surface area contributed by atoms with E-state index in [-0.39, 0.29) is 0 Å². The molecule has 58 valence electrons. The molecular formula is C10H13N. The summed E-state index contributed by atoms with van der Waals surface area (Å²) in [6, 6.07) is 2.05. The van der Waals surface area contributed by atoms with E-state index in [9.17, 15) is 0 Å². The predicted molar refractivity (Wildman–Crippen MR) is 48.4 cm³/mol. The van der Waals surface area contributed by atoms with Crippen LogP contribution in [0.1, 0.15) is 23.7 Å². The first-order chi connectivity index (χ1) is 5.29. The molecule has 1 heterocycles. The van der Waals surface area contributed by atoms with Crippen LogP contribution in [0.3, 0.4) is 0 Å². The minimum Gasteiger partial charge on any atom is -0.261 e. The number of aromatic nitrogens is 1. The molecule has 1 rings (SSSR count). The number of hydrogen-bond donors (Lipinski definition) is 0. The topological polar surface area (TPSA) is 12.9 Å². The van der Waals surface area contributed by atoms with Crippen molar-refractivity contribution in [1.29, 1.82) is 0 Å². The Morgan fingerprint density at radius 2 is 2.36 bits per heavy atom. The van der Waals surface area contributed by atoms with Gasteiger partial charge in [-0.3, -0.25) is 4.98 Å². The van der Waals surface area contributed by atoms with Gasteiger partial charge in [0, 0.05) is 11.9 Å². The van der Waals surface area contributed by atoms with E-state index in [0.29, 0.717) is 0 Å². The Labute approximate surface area is 67.8 Å². The van der Waals surface area contributed by atoms with Crippen LogP contribution in [-0.2, 0) is 6.42 Å². The molecule has 0 atom stereocenters. The fourth-order valence-electron chi connectivity index (χ4n) is 1.22. The highest BCUT2D eigenvalue weighted by molar-refractivity contribution is 5.53. The van der Waals surface area contributed by atoms with Crippen molar-refractivity contribution in [2.75, 3.05) is 0 Å². The van der Waals surface area contributed by atoms with Gasteiger partial charge in [0.15, 0.2) is 0 Å². The maximum atomic E-state index is 4.19. The second-order valence-corrected chi connectivity index (χ2v) is 2.53. The van der Waals surface area contributed by atoms with Crippen molar-refractivity contribution in [2.24, 2.45) is 0 Å². The average molecular weight is 147 g/mol. The van der Waals surface area contributed by atoms with Gasteiger partial charge in [-0.1, -0.05) is 19.6 Å². The van der Waals surface area contributed by atoms with Gasteiger partial charge in [-0.15, -0.1) is 0 Å². The normalized spacial score (nSPS) is 9.64. The lowest BCUT2D eigenvalue weighted by Gasteiger charge is -2.04. The van der Waals surface area contributed by atoms with Crippen LogP contribution in [0, 0.1) is 6.92 Å². The molecule has 0 aliphatic heterocycles. The lowest BCUT2D eigenvalue weighted by atomic mass is 10.1. The first-order valence-corrected chi connectivity index (χ1v) is 3.86. The molecule has 0 aliphatic rings. The zero-order valence-corrected chi connectivity index (χ0v) is 7.09. The summed E-state index contributed by atoms with van der Waals surface area (Å²) in [5.74, 6) is 0. The lowest BCUT2D eigenvalue weighted by Crippen LogP contribution is -1.92. The second-order valence-electron chi connectivity index (χ2n) is 2.53. The summed E-state index contributed by atoms with van der Waals surface area (Å²) in [7, 11) is 0. The Kier molecular flexibility index (Phi) is 2.42. The predicted octanol–water partition coefficient (Wildman–Crippen LogP) is 2.60. The highest BCUT2D eigenvalue weighted by Gasteiger charge is 1.99. The minimum absolute atomic E-state index is 1.05. The molecule has 1 aromatic heterocycles. The van der Waals surface area contributed by atoms with E-state index in [1.807, 2.05) is 25.3 Å².